The Balaban J connectivity index is 2.17. The van der Waals surface area contributed by atoms with Crippen molar-refractivity contribution in [1.82, 2.24) is 4.98 Å². The smallest absolute Gasteiger partial charge is 0.337 e. The third kappa shape index (κ3) is 3.39. The summed E-state index contributed by atoms with van der Waals surface area (Å²) in [5.41, 5.74) is 1.64. The van der Waals surface area contributed by atoms with Crippen molar-refractivity contribution in [1.29, 1.82) is 0 Å². The minimum absolute atomic E-state index is 0.330. The number of methoxy groups -OCH3 is 1. The molecule has 0 spiro atoms. The number of ether oxygens (including phenoxy) is 2. The molecule has 25 heavy (non-hydrogen) atoms. The molecule has 1 saturated heterocycles. The first kappa shape index (κ1) is 17.5. The number of morpholine rings is 1. The molecule has 0 saturated carbocycles. The second kappa shape index (κ2) is 7.70. The summed E-state index contributed by atoms with van der Waals surface area (Å²) < 4.78 is 10.3. The number of anilines is 2. The van der Waals surface area contributed by atoms with Gasteiger partial charge in [-0.2, -0.15) is 0 Å². The zero-order valence-electron chi connectivity index (χ0n) is 15.1. The molecule has 0 atom stereocenters. The highest BCUT2D eigenvalue weighted by atomic mass is 16.5. The topological polar surface area (TPSA) is 54.9 Å². The third-order valence-corrected chi connectivity index (χ3v) is 4.68. The fourth-order valence-corrected chi connectivity index (χ4v) is 3.30. The van der Waals surface area contributed by atoms with E-state index in [1.807, 2.05) is 24.4 Å². The lowest BCUT2D eigenvalue weighted by atomic mass is 10.1. The Morgan fingerprint density at radius 3 is 2.60 bits per heavy atom. The van der Waals surface area contributed by atoms with Crippen molar-refractivity contribution >= 4 is 28.2 Å². The van der Waals surface area contributed by atoms with Crippen molar-refractivity contribution in [3.63, 3.8) is 0 Å². The monoisotopic (exact) mass is 343 g/mol. The van der Waals surface area contributed by atoms with Crippen LogP contribution < -0.4 is 9.80 Å². The van der Waals surface area contributed by atoms with Crippen LogP contribution in [0, 0.1) is 0 Å². The predicted octanol–water partition coefficient (Wildman–Crippen LogP) is 2.70. The van der Waals surface area contributed by atoms with Gasteiger partial charge < -0.3 is 19.3 Å². The summed E-state index contributed by atoms with van der Waals surface area (Å²) in [4.78, 5) is 21.2. The number of carbonyl (C=O) groups is 1. The van der Waals surface area contributed by atoms with E-state index >= 15 is 0 Å². The first-order chi connectivity index (χ1) is 12.2. The molecule has 0 N–H and O–H groups in total. The molecule has 0 unspecified atom stereocenters. The number of carbonyl (C=O) groups excluding carboxylic acids is 1. The molecule has 0 bridgehead atoms. The Morgan fingerprint density at radius 1 is 1.24 bits per heavy atom. The predicted molar refractivity (Wildman–Crippen MR) is 99.7 cm³/mol. The van der Waals surface area contributed by atoms with E-state index in [4.69, 9.17) is 14.5 Å². The molecule has 1 aliphatic rings. The second-order valence-electron chi connectivity index (χ2n) is 5.99. The molecule has 6 nitrogen and oxygen atoms in total. The van der Waals surface area contributed by atoms with Crippen LogP contribution in [0.3, 0.4) is 0 Å². The molecular formula is C19H25N3O3. The molecule has 2 aromatic rings. The van der Waals surface area contributed by atoms with Crippen molar-refractivity contribution < 1.29 is 14.3 Å². The molecule has 2 heterocycles. The molecule has 1 aromatic heterocycles. The highest BCUT2D eigenvalue weighted by Crippen LogP contribution is 2.33. The zero-order chi connectivity index (χ0) is 17.8. The van der Waals surface area contributed by atoms with Gasteiger partial charge in [0.25, 0.3) is 0 Å². The van der Waals surface area contributed by atoms with Gasteiger partial charge >= 0.3 is 5.97 Å². The Bertz CT molecular complexity index is 753. The average Bonchev–Trinajstić information content (AvgIpc) is 2.68. The molecule has 1 fully saturated rings. The molecule has 0 aliphatic carbocycles. The standard InChI is InChI=1S/C19H25N3O3/c1-4-21(5-2)17-13-20-18(22-8-10-25-11-9-22)16-12-14(19(23)24-3)6-7-15(16)17/h6-7,12-13H,4-5,8-11H2,1-3H3. The maximum Gasteiger partial charge on any atom is 0.337 e. The Labute approximate surface area is 148 Å². The summed E-state index contributed by atoms with van der Waals surface area (Å²) in [5.74, 6) is 0.572. The van der Waals surface area contributed by atoms with Crippen molar-refractivity contribution in [3.05, 3.63) is 30.0 Å². The summed E-state index contributed by atoms with van der Waals surface area (Å²) in [6.45, 7) is 9.06. The number of hydrogen-bond acceptors (Lipinski definition) is 6. The van der Waals surface area contributed by atoms with Gasteiger partial charge in [0.1, 0.15) is 5.82 Å². The largest absolute Gasteiger partial charge is 0.465 e. The SMILES string of the molecule is CCN(CC)c1cnc(N2CCOCC2)c2cc(C(=O)OC)ccc12. The van der Waals surface area contributed by atoms with Crippen LogP contribution in [0.1, 0.15) is 24.2 Å². The average molecular weight is 343 g/mol. The number of fused-ring (bicyclic) bond motifs is 1. The number of aromatic nitrogens is 1. The second-order valence-corrected chi connectivity index (χ2v) is 5.99. The first-order valence-corrected chi connectivity index (χ1v) is 8.78. The van der Waals surface area contributed by atoms with Crippen LogP contribution in [0.5, 0.6) is 0 Å². The molecule has 1 aromatic carbocycles. The summed E-state index contributed by atoms with van der Waals surface area (Å²) in [6, 6.07) is 5.72. The first-order valence-electron chi connectivity index (χ1n) is 8.78. The molecule has 0 amide bonds. The van der Waals surface area contributed by atoms with E-state index in [1.54, 1.807) is 0 Å². The van der Waals surface area contributed by atoms with E-state index in [2.05, 4.69) is 23.6 Å². The minimum Gasteiger partial charge on any atom is -0.465 e. The van der Waals surface area contributed by atoms with Gasteiger partial charge in [0, 0.05) is 37.0 Å². The van der Waals surface area contributed by atoms with Crippen LogP contribution in [-0.2, 0) is 9.47 Å². The van der Waals surface area contributed by atoms with Gasteiger partial charge in [-0.25, -0.2) is 9.78 Å². The minimum atomic E-state index is -0.330. The number of benzene rings is 1. The molecule has 1 aliphatic heterocycles. The fourth-order valence-electron chi connectivity index (χ4n) is 3.30. The van der Waals surface area contributed by atoms with Crippen molar-refractivity contribution in [2.24, 2.45) is 0 Å². The maximum atomic E-state index is 12.0. The van der Waals surface area contributed by atoms with Gasteiger partial charge in [0.2, 0.25) is 0 Å². The highest BCUT2D eigenvalue weighted by molar-refractivity contribution is 6.04. The van der Waals surface area contributed by atoms with Gasteiger partial charge in [-0.1, -0.05) is 6.07 Å². The summed E-state index contributed by atoms with van der Waals surface area (Å²) >= 11 is 0. The normalized spacial score (nSPS) is 14.6. The van der Waals surface area contributed by atoms with Crippen LogP contribution in [0.2, 0.25) is 0 Å². The van der Waals surface area contributed by atoms with Crippen LogP contribution in [0.25, 0.3) is 10.8 Å². The number of hydrogen-bond donors (Lipinski definition) is 0. The number of esters is 1. The Hall–Kier alpha value is -2.34. The van der Waals surface area contributed by atoms with Gasteiger partial charge in [0.15, 0.2) is 0 Å². The maximum absolute atomic E-state index is 12.0. The Kier molecular flexibility index (Phi) is 5.38. The van der Waals surface area contributed by atoms with Crippen LogP contribution in [0.4, 0.5) is 11.5 Å². The van der Waals surface area contributed by atoms with Crippen LogP contribution >= 0.6 is 0 Å². The van der Waals surface area contributed by atoms with E-state index in [1.165, 1.54) is 7.11 Å². The lowest BCUT2D eigenvalue weighted by Gasteiger charge is -2.30. The lowest BCUT2D eigenvalue weighted by molar-refractivity contribution is 0.0601. The molecule has 3 rings (SSSR count). The third-order valence-electron chi connectivity index (χ3n) is 4.68. The summed E-state index contributed by atoms with van der Waals surface area (Å²) in [6.07, 6.45) is 1.94. The van der Waals surface area contributed by atoms with E-state index in [-0.39, 0.29) is 5.97 Å². The molecule has 6 heteroatoms. The Morgan fingerprint density at radius 2 is 1.96 bits per heavy atom. The van der Waals surface area contributed by atoms with E-state index in [0.717, 1.165) is 48.5 Å². The summed E-state index contributed by atoms with van der Waals surface area (Å²) in [7, 11) is 1.40. The molecule has 134 valence electrons. The van der Waals surface area contributed by atoms with E-state index in [9.17, 15) is 4.79 Å². The van der Waals surface area contributed by atoms with Crippen LogP contribution in [-0.4, -0.2) is 57.5 Å². The van der Waals surface area contributed by atoms with Crippen LogP contribution in [0.15, 0.2) is 24.4 Å². The summed E-state index contributed by atoms with van der Waals surface area (Å²) in [5, 5.41) is 2.09. The number of rotatable bonds is 5. The van der Waals surface area contributed by atoms with Crippen molar-refractivity contribution in [2.75, 3.05) is 56.3 Å². The molecular weight excluding hydrogens is 318 g/mol. The fraction of sp³-hybridized carbons (Fsp3) is 0.474. The van der Waals surface area contributed by atoms with Gasteiger partial charge in [-0.3, -0.25) is 0 Å². The van der Waals surface area contributed by atoms with Gasteiger partial charge in [-0.05, 0) is 26.0 Å². The van der Waals surface area contributed by atoms with Crippen molar-refractivity contribution in [2.45, 2.75) is 13.8 Å². The number of pyridine rings is 1. The van der Waals surface area contributed by atoms with Gasteiger partial charge in [0.05, 0.1) is 37.8 Å². The van der Waals surface area contributed by atoms with E-state index < -0.39 is 0 Å². The van der Waals surface area contributed by atoms with Gasteiger partial charge in [-0.15, -0.1) is 0 Å². The number of nitrogens with zero attached hydrogens (tertiary/aromatic N) is 3. The van der Waals surface area contributed by atoms with E-state index in [0.29, 0.717) is 18.8 Å². The zero-order valence-corrected chi connectivity index (χ0v) is 15.1. The molecule has 0 radical (unpaired) electrons. The van der Waals surface area contributed by atoms with Crippen molar-refractivity contribution in [3.8, 4) is 0 Å². The quantitative estimate of drug-likeness (QED) is 0.778. The lowest BCUT2D eigenvalue weighted by Crippen LogP contribution is -2.37. The highest BCUT2D eigenvalue weighted by Gasteiger charge is 2.19.